The molecular weight excluding hydrogens is 936 g/mol. The zero-order valence-electron chi connectivity index (χ0n) is 40.2. The van der Waals surface area contributed by atoms with E-state index in [1.165, 1.54) is 52.4 Å². The standard InChI is InChI=1S/C31H37ClO6.C25H29ClO6/c1-5-28-17(2)29(35-18(3)33)31(36-19(4)34)30(38-28)21-8-11-27(32)24(13-21)12-20-6-9-25(10-7-20)37-26-15-22-14-23(22)16-26;26-20-6-3-14(25-24(30)23(29)22(28)21(12-27)32-25)8-17(20)7-13-1-4-18(5-2-13)31-19-10-15-9-16(15)11-19/h6-11,13,17,22-23,26,28-31H,5,12,14-16H2,1-4H3;1-6,8,15-16,19,21-25,27-30H,7,9-12H2/t17-,22-,23+,26?,28-,29+,30-,31-;15-,16+,19?,21-,22-,23+,24-,25?/m11/s1. The van der Waals surface area contributed by atoms with Crippen LogP contribution in [-0.4, -0.2) is 93.9 Å². The van der Waals surface area contributed by atoms with Crippen LogP contribution in [0.3, 0.4) is 0 Å². The summed E-state index contributed by atoms with van der Waals surface area (Å²) in [5.41, 5.74) is 5.43. The highest BCUT2D eigenvalue weighted by molar-refractivity contribution is 6.31. The van der Waals surface area contributed by atoms with Gasteiger partial charge in [-0.3, -0.25) is 9.59 Å². The summed E-state index contributed by atoms with van der Waals surface area (Å²) in [7, 11) is 0. The van der Waals surface area contributed by atoms with E-state index in [0.29, 0.717) is 40.7 Å². The van der Waals surface area contributed by atoms with E-state index in [2.05, 4.69) is 12.1 Å². The molecule has 4 aromatic carbocycles. The predicted molar refractivity (Wildman–Crippen MR) is 263 cm³/mol. The summed E-state index contributed by atoms with van der Waals surface area (Å²) in [4.78, 5) is 24.0. The van der Waals surface area contributed by atoms with Crippen molar-refractivity contribution >= 4 is 35.1 Å². The van der Waals surface area contributed by atoms with Crippen LogP contribution in [0.4, 0.5) is 0 Å². The summed E-state index contributed by atoms with van der Waals surface area (Å²) >= 11 is 13.1. The third-order valence-corrected chi connectivity index (χ3v) is 16.1. The maximum atomic E-state index is 12.0. The lowest BCUT2D eigenvalue weighted by molar-refractivity contribution is -0.231. The van der Waals surface area contributed by atoms with Crippen molar-refractivity contribution in [3.05, 3.63) is 128 Å². The van der Waals surface area contributed by atoms with Gasteiger partial charge >= 0.3 is 11.9 Å². The zero-order chi connectivity index (χ0) is 49.4. The number of hydrogen-bond acceptors (Lipinski definition) is 12. The van der Waals surface area contributed by atoms with Crippen molar-refractivity contribution in [3.63, 3.8) is 0 Å². The molecule has 3 unspecified atom stereocenters. The Labute approximate surface area is 420 Å². The molecule has 2 saturated heterocycles. The largest absolute Gasteiger partial charge is 0.490 e. The van der Waals surface area contributed by atoms with Gasteiger partial charge in [0.05, 0.1) is 24.9 Å². The third-order valence-electron chi connectivity index (χ3n) is 15.4. The normalized spacial score (nSPS) is 33.7. The number of aliphatic hydroxyl groups excluding tert-OH is 4. The van der Waals surface area contributed by atoms with Gasteiger partial charge in [-0.25, -0.2) is 0 Å². The second kappa shape index (κ2) is 21.9. The van der Waals surface area contributed by atoms with Crippen LogP contribution in [0.15, 0.2) is 84.9 Å². The SMILES string of the molecule is CC[C@H]1O[C@H](c2ccc(Cl)c(Cc3ccc(OC4C[C@@H]5C[C@@H]5C4)cc3)c2)[C@H](OC(C)=O)[C@@H](OC(C)=O)[C@@H]1C.OC[C@H]1OC(c2ccc(Cl)c(Cc3ccc(OC4C[C@@H]5C[C@@H]5C4)cc3)c2)[C@H](O)[C@@H](O)[C@@H]1O. The second-order valence-corrected chi connectivity index (χ2v) is 21.4. The Bertz CT molecular complexity index is 2430. The average molecular weight is 1000 g/mol. The topological polar surface area (TPSA) is 170 Å². The summed E-state index contributed by atoms with van der Waals surface area (Å²) in [6, 6.07) is 27.3. The van der Waals surface area contributed by atoms with Gasteiger partial charge in [-0.05, 0) is 151 Å². The van der Waals surface area contributed by atoms with E-state index in [0.717, 1.165) is 69.4 Å². The minimum atomic E-state index is -1.41. The molecule has 4 N–H and O–H groups in total. The number of carbonyl (C=O) groups excluding carboxylic acids is 2. The Kier molecular flexibility index (Phi) is 15.8. The molecule has 4 saturated carbocycles. The molecule has 0 radical (unpaired) electrons. The van der Waals surface area contributed by atoms with Gasteiger partial charge in [-0.15, -0.1) is 0 Å². The third kappa shape index (κ3) is 11.8. The molecule has 4 aliphatic carbocycles. The Morgan fingerprint density at radius 3 is 1.47 bits per heavy atom. The molecule has 0 amide bonds. The van der Waals surface area contributed by atoms with E-state index in [4.69, 9.17) is 51.6 Å². The van der Waals surface area contributed by atoms with Gasteiger partial charge in [0.2, 0.25) is 0 Å². The molecule has 0 spiro atoms. The average Bonchev–Trinajstić information content (AvgIpc) is 4.18. The van der Waals surface area contributed by atoms with E-state index in [-0.39, 0.29) is 12.0 Å². The van der Waals surface area contributed by atoms with E-state index < -0.39 is 67.4 Å². The fraction of sp³-hybridized carbons (Fsp3) is 0.536. The van der Waals surface area contributed by atoms with Crippen LogP contribution < -0.4 is 9.47 Å². The monoisotopic (exact) mass is 1000 g/mol. The van der Waals surface area contributed by atoms with Crippen molar-refractivity contribution in [2.45, 2.75) is 153 Å². The zero-order valence-corrected chi connectivity index (χ0v) is 41.7. The summed E-state index contributed by atoms with van der Waals surface area (Å²) in [5.74, 6) is 4.36. The first-order valence-corrected chi connectivity index (χ1v) is 25.8. The number of fused-ring (bicyclic) bond motifs is 2. The lowest BCUT2D eigenvalue weighted by atomic mass is 9.84. The van der Waals surface area contributed by atoms with Crippen LogP contribution in [-0.2, 0) is 41.4 Å². The van der Waals surface area contributed by atoms with E-state index in [1.54, 1.807) is 12.1 Å². The summed E-state index contributed by atoms with van der Waals surface area (Å²) in [6.45, 7) is 6.26. The quantitative estimate of drug-likeness (QED) is 0.0886. The molecule has 376 valence electrons. The van der Waals surface area contributed by atoms with Gasteiger partial charge in [0, 0.05) is 29.8 Å². The van der Waals surface area contributed by atoms with Gasteiger partial charge in [0.1, 0.15) is 54.2 Å². The molecule has 6 aliphatic rings. The van der Waals surface area contributed by atoms with E-state index in [1.807, 2.05) is 74.5 Å². The number of rotatable bonds is 14. The first kappa shape index (κ1) is 50.7. The van der Waals surface area contributed by atoms with Crippen molar-refractivity contribution in [1.82, 2.24) is 0 Å². The minimum absolute atomic E-state index is 0.132. The molecule has 6 fully saturated rings. The first-order chi connectivity index (χ1) is 33.6. The molecule has 70 heavy (non-hydrogen) atoms. The summed E-state index contributed by atoms with van der Waals surface area (Å²) < 4.78 is 35.9. The van der Waals surface area contributed by atoms with Gasteiger partial charge < -0.3 is 48.8 Å². The molecule has 0 aromatic heterocycles. The van der Waals surface area contributed by atoms with Gasteiger partial charge in [-0.2, -0.15) is 0 Å². The Morgan fingerprint density at radius 1 is 0.586 bits per heavy atom. The second-order valence-electron chi connectivity index (χ2n) is 20.5. The molecule has 2 aliphatic heterocycles. The maximum absolute atomic E-state index is 12.0. The molecule has 14 heteroatoms. The number of benzene rings is 4. The van der Waals surface area contributed by atoms with Gasteiger partial charge in [-0.1, -0.05) is 85.6 Å². The summed E-state index contributed by atoms with van der Waals surface area (Å²) in [6.07, 6.45) is 2.05. The van der Waals surface area contributed by atoms with Crippen molar-refractivity contribution in [2.24, 2.45) is 29.6 Å². The predicted octanol–water partition coefficient (Wildman–Crippen LogP) is 9.08. The Balaban J connectivity index is 0.000000176. The lowest BCUT2D eigenvalue weighted by Crippen LogP contribution is -2.55. The number of hydrogen-bond donors (Lipinski definition) is 4. The van der Waals surface area contributed by atoms with E-state index >= 15 is 0 Å². The molecular formula is C56H66Cl2O12. The van der Waals surface area contributed by atoms with Crippen molar-refractivity contribution in [2.75, 3.05) is 6.61 Å². The minimum Gasteiger partial charge on any atom is -0.490 e. The number of aliphatic hydroxyl groups is 4. The molecule has 0 bridgehead atoms. The van der Waals surface area contributed by atoms with Crippen molar-refractivity contribution in [1.29, 1.82) is 0 Å². The summed E-state index contributed by atoms with van der Waals surface area (Å²) in [5, 5.41) is 41.2. The number of ether oxygens (including phenoxy) is 6. The molecule has 16 atom stereocenters. The fourth-order valence-corrected chi connectivity index (χ4v) is 11.8. The van der Waals surface area contributed by atoms with Crippen molar-refractivity contribution < 1.29 is 58.4 Å². The fourth-order valence-electron chi connectivity index (χ4n) is 11.4. The smallest absolute Gasteiger partial charge is 0.303 e. The molecule has 12 nitrogen and oxygen atoms in total. The van der Waals surface area contributed by atoms with E-state index in [9.17, 15) is 30.0 Å². The first-order valence-electron chi connectivity index (χ1n) is 25.0. The highest BCUT2D eigenvalue weighted by Gasteiger charge is 2.49. The van der Waals surface area contributed by atoms with Crippen molar-refractivity contribution in [3.8, 4) is 11.5 Å². The van der Waals surface area contributed by atoms with Crippen LogP contribution in [0.2, 0.25) is 10.0 Å². The molecule has 10 rings (SSSR count). The Morgan fingerprint density at radius 2 is 1.03 bits per heavy atom. The van der Waals surface area contributed by atoms with Gasteiger partial charge in [0.25, 0.3) is 0 Å². The number of halogens is 2. The highest BCUT2D eigenvalue weighted by Crippen LogP contribution is 2.53. The highest BCUT2D eigenvalue weighted by atomic mass is 35.5. The Hall–Kier alpha value is -4.24. The van der Waals surface area contributed by atoms with Crippen LogP contribution in [0, 0.1) is 29.6 Å². The maximum Gasteiger partial charge on any atom is 0.303 e. The van der Waals surface area contributed by atoms with Gasteiger partial charge in [0.15, 0.2) is 6.10 Å². The molecule has 2 heterocycles. The van der Waals surface area contributed by atoms with Crippen LogP contribution in [0.5, 0.6) is 11.5 Å². The number of esters is 2. The number of carbonyl (C=O) groups is 2. The lowest BCUT2D eigenvalue weighted by Gasteiger charge is -2.44. The van der Waals surface area contributed by atoms with Crippen LogP contribution in [0.1, 0.15) is 118 Å². The molecule has 4 aromatic rings. The van der Waals surface area contributed by atoms with Crippen LogP contribution in [0.25, 0.3) is 0 Å². The van der Waals surface area contributed by atoms with Crippen LogP contribution >= 0.6 is 23.2 Å².